The van der Waals surface area contributed by atoms with E-state index in [2.05, 4.69) is 16.2 Å². The largest absolute Gasteiger partial charge is 0.469 e. The van der Waals surface area contributed by atoms with Crippen molar-refractivity contribution in [2.45, 2.75) is 129 Å². The molecule has 0 aromatic rings. The Labute approximate surface area is 223 Å². The molecule has 0 saturated heterocycles. The lowest BCUT2D eigenvalue weighted by Crippen LogP contribution is -2.25. The van der Waals surface area contributed by atoms with E-state index in [4.69, 9.17) is 14.5 Å². The molecule has 0 aliphatic heterocycles. The summed E-state index contributed by atoms with van der Waals surface area (Å²) in [5.41, 5.74) is 0. The lowest BCUT2D eigenvalue weighted by molar-refractivity contribution is -0.149. The van der Waals surface area contributed by atoms with Crippen molar-refractivity contribution in [1.82, 2.24) is 0 Å². The zero-order valence-electron chi connectivity index (χ0n) is 22.4. The van der Waals surface area contributed by atoms with E-state index in [1.54, 1.807) is 11.8 Å². The summed E-state index contributed by atoms with van der Waals surface area (Å²) in [6.45, 7) is 2.92. The van der Waals surface area contributed by atoms with Crippen LogP contribution in [0.15, 0.2) is 0 Å². The van der Waals surface area contributed by atoms with Gasteiger partial charge in [-0.1, -0.05) is 96.8 Å². The van der Waals surface area contributed by atoms with Crippen molar-refractivity contribution in [2.24, 2.45) is 0 Å². The van der Waals surface area contributed by atoms with E-state index in [9.17, 15) is 14.2 Å². The number of phosphoric acid groups is 1. The van der Waals surface area contributed by atoms with Gasteiger partial charge in [0.2, 0.25) is 0 Å². The second-order valence-corrected chi connectivity index (χ2v) is 11.7. The maximum absolute atomic E-state index is 12.2. The molecule has 0 radical (unpaired) electrons. The van der Waals surface area contributed by atoms with E-state index in [0.29, 0.717) is 25.3 Å². The molecule has 0 unspecified atom stereocenters. The SMILES string of the molecule is CCCCCCCCCCCC(=O)O[C@H](COP(=O)(O)O)CSCCCCCCCCCCOC=O. The zero-order chi connectivity index (χ0) is 26.7. The Bertz CT molecular complexity index is 558. The van der Waals surface area contributed by atoms with Crippen LogP contribution in [0.3, 0.4) is 0 Å². The fourth-order valence-electron chi connectivity index (χ4n) is 3.83. The van der Waals surface area contributed by atoms with Crippen LogP contribution in [0.4, 0.5) is 0 Å². The molecular weight excluding hydrogens is 503 g/mol. The van der Waals surface area contributed by atoms with Gasteiger partial charge in [0, 0.05) is 12.2 Å². The molecule has 0 amide bonds. The molecule has 0 spiro atoms. The zero-order valence-corrected chi connectivity index (χ0v) is 24.1. The van der Waals surface area contributed by atoms with Crippen LogP contribution >= 0.6 is 19.6 Å². The van der Waals surface area contributed by atoms with Gasteiger partial charge in [0.25, 0.3) is 6.47 Å². The van der Waals surface area contributed by atoms with Crippen molar-refractivity contribution >= 4 is 32.0 Å². The second kappa shape index (κ2) is 26.0. The third-order valence-electron chi connectivity index (χ3n) is 5.88. The number of hydrogen-bond donors (Lipinski definition) is 2. The first-order valence-electron chi connectivity index (χ1n) is 13.9. The quantitative estimate of drug-likeness (QED) is 0.0458. The van der Waals surface area contributed by atoms with Crippen LogP contribution in [-0.2, 0) is 28.2 Å². The fraction of sp³-hybridized carbons (Fsp3) is 0.923. The molecule has 0 rings (SSSR count). The summed E-state index contributed by atoms with van der Waals surface area (Å²) in [4.78, 5) is 40.3. The van der Waals surface area contributed by atoms with Crippen molar-refractivity contribution in [1.29, 1.82) is 0 Å². The van der Waals surface area contributed by atoms with Crippen LogP contribution in [0, 0.1) is 0 Å². The second-order valence-electron chi connectivity index (χ2n) is 9.35. The maximum atomic E-state index is 12.2. The number of thioether (sulfide) groups is 1. The minimum Gasteiger partial charge on any atom is -0.468 e. The van der Waals surface area contributed by atoms with Gasteiger partial charge in [0.05, 0.1) is 13.2 Å². The van der Waals surface area contributed by atoms with E-state index < -0.39 is 13.9 Å². The fourth-order valence-corrected chi connectivity index (χ4v) is 5.20. The number of hydrogen-bond acceptors (Lipinski definition) is 7. The van der Waals surface area contributed by atoms with Crippen molar-refractivity contribution in [3.63, 3.8) is 0 Å². The highest BCUT2D eigenvalue weighted by molar-refractivity contribution is 7.99. The molecule has 10 heteroatoms. The molecule has 0 aliphatic carbocycles. The molecule has 0 bridgehead atoms. The molecule has 8 nitrogen and oxygen atoms in total. The average molecular weight is 555 g/mol. The van der Waals surface area contributed by atoms with Gasteiger partial charge in [-0.3, -0.25) is 14.1 Å². The molecule has 0 aromatic heterocycles. The summed E-state index contributed by atoms with van der Waals surface area (Å²) < 4.78 is 25.8. The third kappa shape index (κ3) is 28.0. The number of rotatable bonds is 28. The Morgan fingerprint density at radius 3 is 1.92 bits per heavy atom. The first kappa shape index (κ1) is 35.4. The summed E-state index contributed by atoms with van der Waals surface area (Å²) in [5.74, 6) is 1.05. The van der Waals surface area contributed by atoms with Gasteiger partial charge in [0.1, 0.15) is 6.10 Å². The van der Waals surface area contributed by atoms with Crippen LogP contribution < -0.4 is 0 Å². The Morgan fingerprint density at radius 1 is 0.833 bits per heavy atom. The Balaban J connectivity index is 3.90. The summed E-state index contributed by atoms with van der Waals surface area (Å²) in [5, 5.41) is 0. The lowest BCUT2D eigenvalue weighted by atomic mass is 10.1. The first-order valence-corrected chi connectivity index (χ1v) is 16.6. The number of unbranched alkanes of at least 4 members (excludes halogenated alkanes) is 15. The molecular formula is C26H51O8PS. The molecule has 0 fully saturated rings. The van der Waals surface area contributed by atoms with Crippen molar-refractivity contribution in [3.8, 4) is 0 Å². The van der Waals surface area contributed by atoms with Crippen LogP contribution in [0.1, 0.15) is 122 Å². The van der Waals surface area contributed by atoms with Gasteiger partial charge in [-0.15, -0.1) is 0 Å². The predicted octanol–water partition coefficient (Wildman–Crippen LogP) is 6.96. The van der Waals surface area contributed by atoms with Crippen molar-refractivity contribution in [3.05, 3.63) is 0 Å². The van der Waals surface area contributed by atoms with Crippen molar-refractivity contribution in [2.75, 3.05) is 24.7 Å². The summed E-state index contributed by atoms with van der Waals surface area (Å²) in [6, 6.07) is 0. The molecule has 1 atom stereocenters. The van der Waals surface area contributed by atoms with E-state index >= 15 is 0 Å². The molecule has 0 aromatic carbocycles. The highest BCUT2D eigenvalue weighted by atomic mass is 32.2. The van der Waals surface area contributed by atoms with Gasteiger partial charge in [-0.25, -0.2) is 4.57 Å². The highest BCUT2D eigenvalue weighted by Gasteiger charge is 2.21. The van der Waals surface area contributed by atoms with E-state index in [-0.39, 0.29) is 12.6 Å². The molecule has 2 N–H and O–H groups in total. The Hall–Kier alpha value is -0.600. The maximum Gasteiger partial charge on any atom is 0.469 e. The normalized spacial score (nSPS) is 12.4. The van der Waals surface area contributed by atoms with Gasteiger partial charge < -0.3 is 19.3 Å². The topological polar surface area (TPSA) is 119 Å². The minimum absolute atomic E-state index is 0.293. The molecule has 0 aliphatic rings. The molecule has 36 heavy (non-hydrogen) atoms. The van der Waals surface area contributed by atoms with Gasteiger partial charge in [-0.05, 0) is 25.0 Å². The van der Waals surface area contributed by atoms with Crippen LogP contribution in [0.2, 0.25) is 0 Å². The van der Waals surface area contributed by atoms with Gasteiger partial charge in [0.15, 0.2) is 0 Å². The van der Waals surface area contributed by atoms with Crippen LogP contribution in [0.5, 0.6) is 0 Å². The summed E-state index contributed by atoms with van der Waals surface area (Å²) >= 11 is 1.62. The Kier molecular flexibility index (Phi) is 25.6. The van der Waals surface area contributed by atoms with Crippen LogP contribution in [-0.4, -0.2) is 53.1 Å². The molecule has 214 valence electrons. The highest BCUT2D eigenvalue weighted by Crippen LogP contribution is 2.36. The van der Waals surface area contributed by atoms with Crippen molar-refractivity contribution < 1.29 is 37.9 Å². The number of ether oxygens (including phenoxy) is 2. The van der Waals surface area contributed by atoms with Crippen LogP contribution in [0.25, 0.3) is 0 Å². The van der Waals surface area contributed by atoms with E-state index in [1.807, 2.05) is 0 Å². The predicted molar refractivity (Wildman–Crippen MR) is 146 cm³/mol. The minimum atomic E-state index is -4.60. The summed E-state index contributed by atoms with van der Waals surface area (Å²) in [6.07, 6.45) is 19.1. The smallest absolute Gasteiger partial charge is 0.468 e. The van der Waals surface area contributed by atoms with Gasteiger partial charge >= 0.3 is 13.8 Å². The first-order chi connectivity index (χ1) is 17.4. The molecule has 0 saturated carbocycles. The Morgan fingerprint density at radius 2 is 1.36 bits per heavy atom. The van der Waals surface area contributed by atoms with E-state index in [1.165, 1.54) is 57.8 Å². The van der Waals surface area contributed by atoms with Gasteiger partial charge in [-0.2, -0.15) is 11.8 Å². The third-order valence-corrected chi connectivity index (χ3v) is 7.55. The number of carbonyl (C=O) groups is 2. The number of carbonyl (C=O) groups excluding carboxylic acids is 2. The lowest BCUT2D eigenvalue weighted by Gasteiger charge is -2.18. The monoisotopic (exact) mass is 554 g/mol. The average Bonchev–Trinajstić information content (AvgIpc) is 2.83. The molecule has 0 heterocycles. The number of esters is 1. The summed E-state index contributed by atoms with van der Waals surface area (Å²) in [7, 11) is -4.60. The standard InChI is InChI=1S/C26H51O8PS/c1-2-3-4-5-6-7-10-13-16-19-26(28)34-25(22-33-35(29,30)31)23-36-21-18-15-12-9-8-11-14-17-20-32-24-27/h24-25H,2-23H2,1H3,(H2,29,30,31)/t25-/m1/s1. The number of phosphoric ester groups is 1. The van der Waals surface area contributed by atoms with E-state index in [0.717, 1.165) is 57.1 Å².